The molecular weight excluding hydrogens is 452 g/mol. The van der Waals surface area contributed by atoms with Crippen LogP contribution in [0.2, 0.25) is 0 Å². The van der Waals surface area contributed by atoms with Gasteiger partial charge >= 0.3 is 11.9 Å². The number of anilines is 1. The fourth-order valence-electron chi connectivity index (χ4n) is 4.25. The van der Waals surface area contributed by atoms with E-state index in [-0.39, 0.29) is 57.2 Å². The molecule has 0 fully saturated rings. The lowest BCUT2D eigenvalue weighted by Gasteiger charge is -2.20. The van der Waals surface area contributed by atoms with Crippen LogP contribution in [0.15, 0.2) is 36.4 Å². The van der Waals surface area contributed by atoms with Gasteiger partial charge in [-0.3, -0.25) is 14.4 Å². The Kier molecular flexibility index (Phi) is 6.09. The Bertz CT molecular complexity index is 1430. The second-order valence-corrected chi connectivity index (χ2v) is 8.00. The summed E-state index contributed by atoms with van der Waals surface area (Å²) in [5.41, 5.74) is 7.51. The van der Waals surface area contributed by atoms with Crippen LogP contribution < -0.4 is 5.73 Å². The Morgan fingerprint density at radius 1 is 0.886 bits per heavy atom. The van der Waals surface area contributed by atoms with Crippen LogP contribution in [0.1, 0.15) is 81.2 Å². The van der Waals surface area contributed by atoms with Gasteiger partial charge in [0.1, 0.15) is 5.69 Å². The molecule has 9 heteroatoms. The van der Waals surface area contributed by atoms with E-state index in [2.05, 4.69) is 4.98 Å². The normalized spacial score (nSPS) is 12.1. The monoisotopic (exact) mass is 474 g/mol. The second-order valence-electron chi connectivity index (χ2n) is 8.00. The van der Waals surface area contributed by atoms with Gasteiger partial charge in [0.15, 0.2) is 18.2 Å². The zero-order valence-corrected chi connectivity index (χ0v) is 19.3. The van der Waals surface area contributed by atoms with Crippen molar-refractivity contribution in [3.05, 3.63) is 86.7 Å². The van der Waals surface area contributed by atoms with Crippen molar-refractivity contribution in [1.29, 1.82) is 0 Å². The van der Waals surface area contributed by atoms with E-state index < -0.39 is 30.1 Å². The molecule has 0 spiro atoms. The summed E-state index contributed by atoms with van der Waals surface area (Å²) in [4.78, 5) is 66.3. The van der Waals surface area contributed by atoms with E-state index >= 15 is 0 Å². The minimum atomic E-state index is -0.922. The molecule has 0 atom stereocenters. The molecule has 0 unspecified atom stereocenters. The molecule has 0 saturated carbocycles. The first kappa shape index (κ1) is 23.6. The number of nitrogens with one attached hydrogen (secondary N) is 1. The van der Waals surface area contributed by atoms with Crippen molar-refractivity contribution in [3.8, 4) is 0 Å². The molecule has 0 radical (unpaired) electrons. The van der Waals surface area contributed by atoms with Crippen LogP contribution in [-0.4, -0.2) is 47.5 Å². The number of ketones is 3. The molecule has 0 saturated heterocycles. The van der Waals surface area contributed by atoms with Crippen LogP contribution in [0.3, 0.4) is 0 Å². The Morgan fingerprint density at radius 3 is 2.20 bits per heavy atom. The third-order valence-corrected chi connectivity index (χ3v) is 5.88. The molecule has 0 amide bonds. The number of esters is 2. The van der Waals surface area contributed by atoms with E-state index in [9.17, 15) is 24.0 Å². The number of H-pyrrole nitrogens is 1. The minimum Gasteiger partial charge on any atom is -0.461 e. The van der Waals surface area contributed by atoms with Crippen molar-refractivity contribution >= 4 is 35.0 Å². The molecule has 4 rings (SSSR count). The first-order chi connectivity index (χ1) is 16.7. The van der Waals surface area contributed by atoms with E-state index in [1.165, 1.54) is 18.2 Å². The molecule has 0 aliphatic heterocycles. The predicted molar refractivity (Wildman–Crippen MR) is 125 cm³/mol. The van der Waals surface area contributed by atoms with Crippen LogP contribution in [-0.2, 0) is 9.47 Å². The number of nitrogens with two attached hydrogens (primary N) is 1. The van der Waals surface area contributed by atoms with E-state index in [4.69, 9.17) is 15.2 Å². The van der Waals surface area contributed by atoms with Crippen LogP contribution in [0, 0.1) is 13.8 Å². The lowest BCUT2D eigenvalue weighted by Crippen LogP contribution is -2.24. The number of hydrogen-bond donors (Lipinski definition) is 2. The Morgan fingerprint density at radius 2 is 1.54 bits per heavy atom. The Labute approximate surface area is 200 Å². The standard InChI is InChI=1S/C26H22N2O7/c1-4-34-26(33)22-12(2)19(13(3)28-22)18(29)11-35-25(32)17-10-9-16-20(21(17)27)24(31)15-8-6-5-7-14(15)23(16)30/h5-10,28H,4,11,27H2,1-3H3. The third kappa shape index (κ3) is 3.90. The van der Waals surface area contributed by atoms with E-state index in [0.29, 0.717) is 11.3 Å². The molecule has 1 aromatic heterocycles. The van der Waals surface area contributed by atoms with Gasteiger partial charge in [0.2, 0.25) is 5.78 Å². The number of hydrogen-bond acceptors (Lipinski definition) is 8. The average Bonchev–Trinajstić information content (AvgIpc) is 3.14. The van der Waals surface area contributed by atoms with Crippen LogP contribution >= 0.6 is 0 Å². The molecule has 3 N–H and O–H groups in total. The fraction of sp³-hybridized carbons (Fsp3) is 0.192. The van der Waals surface area contributed by atoms with Crippen molar-refractivity contribution in [2.24, 2.45) is 0 Å². The molecule has 3 aromatic rings. The van der Waals surface area contributed by atoms with Crippen LogP contribution in [0.25, 0.3) is 0 Å². The second kappa shape index (κ2) is 9.02. The van der Waals surface area contributed by atoms with Crippen LogP contribution in [0.5, 0.6) is 0 Å². The summed E-state index contributed by atoms with van der Waals surface area (Å²) in [6.45, 7) is 4.44. The number of nitrogen functional groups attached to an aromatic ring is 1. The maximum atomic E-state index is 13.0. The lowest BCUT2D eigenvalue weighted by molar-refractivity contribution is 0.0474. The quantitative estimate of drug-likeness (QED) is 0.246. The van der Waals surface area contributed by atoms with Crippen LogP contribution in [0.4, 0.5) is 5.69 Å². The van der Waals surface area contributed by atoms with Gasteiger partial charge in [-0.1, -0.05) is 24.3 Å². The number of ether oxygens (including phenoxy) is 2. The van der Waals surface area contributed by atoms with Gasteiger partial charge in [-0.15, -0.1) is 0 Å². The molecular formula is C26H22N2O7. The molecule has 1 heterocycles. The zero-order chi connectivity index (χ0) is 25.4. The Balaban J connectivity index is 1.56. The van der Waals surface area contributed by atoms with Crippen molar-refractivity contribution in [3.63, 3.8) is 0 Å². The molecule has 2 aromatic carbocycles. The summed E-state index contributed by atoms with van der Waals surface area (Å²) in [5.74, 6) is -2.88. The van der Waals surface area contributed by atoms with E-state index in [1.54, 1.807) is 39.0 Å². The van der Waals surface area contributed by atoms with Crippen molar-refractivity contribution in [2.75, 3.05) is 18.9 Å². The van der Waals surface area contributed by atoms with Gasteiger partial charge in [0.05, 0.1) is 23.4 Å². The summed E-state index contributed by atoms with van der Waals surface area (Å²) in [7, 11) is 0. The highest BCUT2D eigenvalue weighted by atomic mass is 16.5. The predicted octanol–water partition coefficient (Wildman–Crippen LogP) is 3.21. The number of aryl methyl sites for hydroxylation is 1. The molecule has 178 valence electrons. The number of benzene rings is 2. The number of rotatable bonds is 6. The highest BCUT2D eigenvalue weighted by molar-refractivity contribution is 6.30. The molecule has 1 aliphatic rings. The van der Waals surface area contributed by atoms with E-state index in [1.807, 2.05) is 0 Å². The SMILES string of the molecule is CCOC(=O)c1[nH]c(C)c(C(=O)COC(=O)c2ccc3c(c2N)C(=O)c2ccccc2C3=O)c1C. The zero-order valence-electron chi connectivity index (χ0n) is 19.3. The fourth-order valence-corrected chi connectivity index (χ4v) is 4.25. The van der Waals surface area contributed by atoms with Crippen molar-refractivity contribution in [2.45, 2.75) is 20.8 Å². The summed E-state index contributed by atoms with van der Waals surface area (Å²) in [5, 5.41) is 0. The average molecular weight is 474 g/mol. The smallest absolute Gasteiger partial charge is 0.355 e. The van der Waals surface area contributed by atoms with Gasteiger partial charge in [-0.25, -0.2) is 9.59 Å². The van der Waals surface area contributed by atoms with Crippen molar-refractivity contribution < 1.29 is 33.4 Å². The summed E-state index contributed by atoms with van der Waals surface area (Å²) in [6.07, 6.45) is 0. The Hall–Kier alpha value is -4.53. The van der Waals surface area contributed by atoms with Gasteiger partial charge < -0.3 is 20.2 Å². The number of aromatic nitrogens is 1. The largest absolute Gasteiger partial charge is 0.461 e. The molecule has 35 heavy (non-hydrogen) atoms. The third-order valence-electron chi connectivity index (χ3n) is 5.88. The highest BCUT2D eigenvalue weighted by Gasteiger charge is 2.33. The van der Waals surface area contributed by atoms with Crippen molar-refractivity contribution in [1.82, 2.24) is 4.98 Å². The maximum absolute atomic E-state index is 13.0. The van der Waals surface area contributed by atoms with E-state index in [0.717, 1.165) is 0 Å². The number of aromatic amines is 1. The highest BCUT2D eigenvalue weighted by Crippen LogP contribution is 2.33. The molecule has 1 aliphatic carbocycles. The minimum absolute atomic E-state index is 0.0640. The summed E-state index contributed by atoms with van der Waals surface area (Å²) in [6, 6.07) is 9.02. The number of carbonyl (C=O) groups excluding carboxylic acids is 5. The summed E-state index contributed by atoms with van der Waals surface area (Å²) < 4.78 is 10.2. The number of carbonyl (C=O) groups is 5. The molecule has 9 nitrogen and oxygen atoms in total. The number of Topliss-reactive ketones (excluding diaryl/α,β-unsaturated/α-hetero) is 1. The van der Waals surface area contributed by atoms with Gasteiger partial charge in [0.25, 0.3) is 0 Å². The maximum Gasteiger partial charge on any atom is 0.355 e. The lowest BCUT2D eigenvalue weighted by atomic mass is 9.82. The first-order valence-corrected chi connectivity index (χ1v) is 10.8. The first-order valence-electron chi connectivity index (χ1n) is 10.8. The van der Waals surface area contributed by atoms with Gasteiger partial charge in [-0.05, 0) is 38.5 Å². The summed E-state index contributed by atoms with van der Waals surface area (Å²) >= 11 is 0. The molecule has 0 bridgehead atoms. The van der Waals surface area contributed by atoms with Gasteiger partial charge in [0, 0.05) is 27.9 Å². The number of fused-ring (bicyclic) bond motifs is 2. The van der Waals surface area contributed by atoms with Gasteiger partial charge in [-0.2, -0.15) is 0 Å². The topological polar surface area (TPSA) is 146 Å².